The molecule has 0 aliphatic heterocycles. The van der Waals surface area contributed by atoms with Gasteiger partial charge in [0, 0.05) is 74.2 Å². The van der Waals surface area contributed by atoms with Gasteiger partial charge in [0.1, 0.15) is 17.7 Å². The van der Waals surface area contributed by atoms with Crippen molar-refractivity contribution in [1.29, 1.82) is 5.26 Å². The monoisotopic (exact) mass is 907 g/mol. The Balaban J connectivity index is 0.000000143. The van der Waals surface area contributed by atoms with Gasteiger partial charge in [-0.05, 0) is 91.7 Å². The van der Waals surface area contributed by atoms with Crippen molar-refractivity contribution < 1.29 is 13.2 Å². The lowest BCUT2D eigenvalue weighted by Gasteiger charge is -2.20. The summed E-state index contributed by atoms with van der Waals surface area (Å²) in [5.41, 5.74) is 9.98. The third kappa shape index (κ3) is 9.96. The van der Waals surface area contributed by atoms with Crippen LogP contribution in [0.5, 0.6) is 0 Å². The summed E-state index contributed by atoms with van der Waals surface area (Å²) in [5.74, 6) is -1.52. The zero-order valence-corrected chi connectivity index (χ0v) is 36.3. The number of aromatic nitrogens is 9. The van der Waals surface area contributed by atoms with Crippen molar-refractivity contribution in [3.05, 3.63) is 188 Å². The molecule has 0 saturated carbocycles. The third-order valence-electron chi connectivity index (χ3n) is 10.8. The minimum absolute atomic E-state index is 0.0351. The Bertz CT molecular complexity index is 3120. The lowest BCUT2D eigenvalue weighted by atomic mass is 9.89. The fraction of sp³-hybridized carbons (Fsp3) is 0.208. The average molecular weight is 909 g/mol. The van der Waals surface area contributed by atoms with Gasteiger partial charge in [0.2, 0.25) is 6.54 Å². The molecule has 0 aliphatic carbocycles. The number of benzene rings is 3. The number of halogens is 4. The fourth-order valence-corrected chi connectivity index (χ4v) is 8.12. The second-order valence-corrected chi connectivity index (χ2v) is 15.8. The van der Waals surface area contributed by atoms with Gasteiger partial charge in [0.25, 0.3) is 0 Å². The quantitative estimate of drug-likeness (QED) is 0.128. The summed E-state index contributed by atoms with van der Waals surface area (Å²) in [4.78, 5) is 37.7. The molecule has 316 valence electrons. The Hall–Kier alpha value is -7.23. The van der Waals surface area contributed by atoms with Crippen LogP contribution in [0, 0.1) is 38.7 Å². The van der Waals surface area contributed by atoms with Gasteiger partial charge in [-0.3, -0.25) is 9.97 Å². The number of hydrogen-bond acceptors (Lipinski definition) is 7. The van der Waals surface area contributed by atoms with Gasteiger partial charge in [0.05, 0.1) is 47.1 Å². The molecule has 0 saturated heterocycles. The third-order valence-corrected chi connectivity index (χ3v) is 11.2. The number of pyridine rings is 3. The van der Waals surface area contributed by atoms with Crippen LogP contribution < -0.4 is 0 Å². The average Bonchev–Trinajstić information content (AvgIpc) is 4.01. The van der Waals surface area contributed by atoms with Crippen LogP contribution in [0.15, 0.2) is 115 Å². The van der Waals surface area contributed by atoms with Gasteiger partial charge in [-0.1, -0.05) is 53.2 Å². The van der Waals surface area contributed by atoms with Crippen molar-refractivity contribution in [2.75, 3.05) is 0 Å². The van der Waals surface area contributed by atoms with Crippen molar-refractivity contribution >= 4 is 48.5 Å². The van der Waals surface area contributed by atoms with E-state index in [-0.39, 0.29) is 23.7 Å². The zero-order chi connectivity index (χ0) is 44.7. The Morgan fingerprint density at radius 2 is 1.51 bits per heavy atom. The minimum atomic E-state index is -4.46. The summed E-state index contributed by atoms with van der Waals surface area (Å²) >= 11 is 3.59. The number of H-pyrrole nitrogens is 3. The van der Waals surface area contributed by atoms with Gasteiger partial charge >= 0.3 is 6.18 Å². The van der Waals surface area contributed by atoms with Crippen molar-refractivity contribution in [2.45, 2.75) is 65.1 Å². The maximum atomic E-state index is 13.6. The molecule has 3 aromatic carbocycles. The molecule has 0 spiro atoms. The molecule has 0 amide bonds. The van der Waals surface area contributed by atoms with Gasteiger partial charge in [0.15, 0.2) is 0 Å². The molecule has 11 nitrogen and oxygen atoms in total. The molecule has 0 fully saturated rings. The Morgan fingerprint density at radius 3 is 2.17 bits per heavy atom. The molecular weight excluding hydrogens is 868 g/mol. The van der Waals surface area contributed by atoms with Crippen molar-refractivity contribution in [1.82, 2.24) is 44.9 Å². The number of aryl methyl sites for hydroxylation is 3. The van der Waals surface area contributed by atoms with Gasteiger partial charge in [-0.15, -0.1) is 0 Å². The highest BCUT2D eigenvalue weighted by Crippen LogP contribution is 2.41. The van der Waals surface area contributed by atoms with Gasteiger partial charge in [-0.25, -0.2) is 26.5 Å². The smallest absolute Gasteiger partial charge is 0.348 e. The topological polar surface area (TPSA) is 153 Å². The molecule has 0 radical (unpaired) electrons. The summed E-state index contributed by atoms with van der Waals surface area (Å²) < 4.78 is 42.0. The molecule has 9 rings (SSSR count). The van der Waals surface area contributed by atoms with E-state index in [1.165, 1.54) is 29.4 Å². The number of rotatable bonds is 8. The molecule has 3 N–H and O–H groups in total. The van der Waals surface area contributed by atoms with E-state index >= 15 is 0 Å². The molecular formula is C48H41BrF3N11. The number of alkyl halides is 3. The first-order valence-electron chi connectivity index (χ1n) is 20.0. The SMILES string of the molecule is CCC(c1nc[nH]c1C)c1cc(Br)cc2ncccc12.Cc1[nH]cnc1Cc1cccc2cnc(C#N)cc12.[C-]#[N+]Cc1cnc2ccc([C@H](c3nc[nH]c3C)C(F)(F)F)cc2c1. The number of hydrogen-bond donors (Lipinski definition) is 3. The highest BCUT2D eigenvalue weighted by atomic mass is 79.9. The van der Waals surface area contributed by atoms with Crippen LogP contribution in [0.4, 0.5) is 13.2 Å². The van der Waals surface area contributed by atoms with E-state index in [4.69, 9.17) is 11.8 Å². The van der Waals surface area contributed by atoms with Crippen molar-refractivity contribution in [2.24, 2.45) is 0 Å². The van der Waals surface area contributed by atoms with Gasteiger partial charge < -0.3 is 19.8 Å². The van der Waals surface area contributed by atoms with E-state index in [9.17, 15) is 13.2 Å². The Kier molecular flexibility index (Phi) is 13.4. The highest BCUT2D eigenvalue weighted by molar-refractivity contribution is 9.10. The molecule has 2 atom stereocenters. The summed E-state index contributed by atoms with van der Waals surface area (Å²) in [6.07, 6.45) is 7.18. The Labute approximate surface area is 369 Å². The molecule has 0 bridgehead atoms. The largest absolute Gasteiger partial charge is 0.401 e. The van der Waals surface area contributed by atoms with E-state index in [2.05, 4.69) is 110 Å². The number of nitrogens with one attached hydrogen (secondary N) is 3. The summed E-state index contributed by atoms with van der Waals surface area (Å²) in [7, 11) is 0. The van der Waals surface area contributed by atoms with E-state index in [0.29, 0.717) is 27.9 Å². The van der Waals surface area contributed by atoms with E-state index in [0.717, 1.165) is 61.9 Å². The predicted octanol–water partition coefficient (Wildman–Crippen LogP) is 11.7. The molecule has 0 aliphatic rings. The first kappa shape index (κ1) is 43.8. The van der Waals surface area contributed by atoms with Gasteiger partial charge in [-0.2, -0.15) is 18.4 Å². The summed E-state index contributed by atoms with van der Waals surface area (Å²) in [6, 6.07) is 24.5. The molecule has 6 heterocycles. The number of imidazole rings is 3. The van der Waals surface area contributed by atoms with Crippen LogP contribution in [0.2, 0.25) is 0 Å². The fourth-order valence-electron chi connectivity index (χ4n) is 7.66. The first-order valence-corrected chi connectivity index (χ1v) is 20.8. The number of nitriles is 1. The molecule has 6 aromatic heterocycles. The maximum absolute atomic E-state index is 13.6. The molecule has 1 unspecified atom stereocenters. The van der Waals surface area contributed by atoms with Crippen LogP contribution in [0.3, 0.4) is 0 Å². The maximum Gasteiger partial charge on any atom is 0.401 e. The van der Waals surface area contributed by atoms with Crippen molar-refractivity contribution in [3.63, 3.8) is 0 Å². The number of aromatic amines is 3. The van der Waals surface area contributed by atoms with Crippen LogP contribution in [-0.4, -0.2) is 51.0 Å². The minimum Gasteiger partial charge on any atom is -0.348 e. The number of fused-ring (bicyclic) bond motifs is 3. The highest BCUT2D eigenvalue weighted by Gasteiger charge is 2.44. The summed E-state index contributed by atoms with van der Waals surface area (Å²) in [5, 5.41) is 12.8. The molecule has 9 aromatic rings. The van der Waals surface area contributed by atoms with E-state index < -0.39 is 12.1 Å². The van der Waals surface area contributed by atoms with E-state index in [1.54, 1.807) is 44.1 Å². The lowest BCUT2D eigenvalue weighted by molar-refractivity contribution is -0.141. The normalized spacial score (nSPS) is 12.2. The van der Waals surface area contributed by atoms with Crippen LogP contribution in [0.1, 0.15) is 87.3 Å². The van der Waals surface area contributed by atoms with E-state index in [1.807, 2.05) is 37.4 Å². The lowest BCUT2D eigenvalue weighted by Crippen LogP contribution is -2.23. The second kappa shape index (κ2) is 19.2. The van der Waals surface area contributed by atoms with Crippen molar-refractivity contribution in [3.8, 4) is 6.07 Å². The van der Waals surface area contributed by atoms with Crippen LogP contribution in [0.25, 0.3) is 37.4 Å². The molecule has 63 heavy (non-hydrogen) atoms. The Morgan fingerprint density at radius 1 is 0.762 bits per heavy atom. The first-order chi connectivity index (χ1) is 30.4. The summed E-state index contributed by atoms with van der Waals surface area (Å²) in [6.45, 7) is 14.9. The predicted molar refractivity (Wildman–Crippen MR) is 241 cm³/mol. The van der Waals surface area contributed by atoms with Crippen LogP contribution >= 0.6 is 15.9 Å². The second-order valence-electron chi connectivity index (χ2n) is 14.9. The zero-order valence-electron chi connectivity index (χ0n) is 34.8. The van der Waals surface area contributed by atoms with Crippen LogP contribution in [-0.2, 0) is 13.0 Å². The standard InChI is InChI=1S/C17H13F3N4.C16H16BrN3.C15H12N4/c1-10-16(24-9-23-10)15(17(18,19)20)12-3-4-14-13(6-12)5-11(7-21-2)8-22-14;1-3-12(16-10(2)19-9-20-16)14-7-11(17)8-15-13(14)5-4-6-18-15;1-10-15(19-9-18-10)5-11-3-2-4-12-8-17-13(7-16)6-14(11)12/h3-6,8-9,15H,7H2,1H3,(H,23,24);4-9,12H,3H2,1-2H3,(H,19,20);2-4,6,8-9H,5H2,1H3,(H,18,19)/t15-;;/m1../s1. The molecule has 15 heteroatoms. The number of nitrogens with zero attached hydrogens (tertiary/aromatic N) is 8.